The van der Waals surface area contributed by atoms with Crippen LogP contribution in [0.25, 0.3) is 6.08 Å². The highest BCUT2D eigenvalue weighted by molar-refractivity contribution is 7.14. The van der Waals surface area contributed by atoms with Crippen LogP contribution in [0, 0.1) is 0 Å². The molecule has 2 aromatic carbocycles. The van der Waals surface area contributed by atoms with E-state index in [0.717, 1.165) is 16.9 Å². The van der Waals surface area contributed by atoms with E-state index < -0.39 is 0 Å². The molecule has 154 valence electrons. The molecule has 0 saturated carbocycles. The molecule has 0 aliphatic carbocycles. The molecule has 0 bridgehead atoms. The highest BCUT2D eigenvalue weighted by Crippen LogP contribution is 2.17. The van der Waals surface area contributed by atoms with Gasteiger partial charge in [-0.2, -0.15) is 0 Å². The van der Waals surface area contributed by atoms with Crippen LogP contribution >= 0.6 is 11.3 Å². The number of rotatable bonds is 9. The fourth-order valence-electron chi connectivity index (χ4n) is 2.54. The van der Waals surface area contributed by atoms with Crippen molar-refractivity contribution in [1.82, 2.24) is 4.98 Å². The van der Waals surface area contributed by atoms with Gasteiger partial charge < -0.3 is 9.47 Å². The first-order valence-corrected chi connectivity index (χ1v) is 10.4. The van der Waals surface area contributed by atoms with Crippen LogP contribution in [-0.2, 0) is 27.4 Å². The minimum Gasteiger partial charge on any atom is -0.489 e. The van der Waals surface area contributed by atoms with Gasteiger partial charge in [-0.25, -0.2) is 4.98 Å². The van der Waals surface area contributed by atoms with Gasteiger partial charge in [0.25, 0.3) is 0 Å². The number of esters is 1. The quantitative estimate of drug-likeness (QED) is 0.406. The maximum atomic E-state index is 12.1. The maximum Gasteiger partial charge on any atom is 0.311 e. The lowest BCUT2D eigenvalue weighted by atomic mass is 10.2. The number of aromatic nitrogens is 1. The predicted molar refractivity (Wildman–Crippen MR) is 117 cm³/mol. The Labute approximate surface area is 179 Å². The SMILES string of the molecule is CCOC(=O)Cc1csc(NC(=O)C=Cc2ccc(OCc3ccccc3)cc2)n1. The van der Waals surface area contributed by atoms with Crippen molar-refractivity contribution in [1.29, 1.82) is 0 Å². The molecule has 0 atom stereocenters. The first-order chi connectivity index (χ1) is 14.6. The van der Waals surface area contributed by atoms with E-state index >= 15 is 0 Å². The highest BCUT2D eigenvalue weighted by Gasteiger charge is 2.09. The zero-order valence-electron chi connectivity index (χ0n) is 16.5. The molecule has 0 aliphatic rings. The standard InChI is InChI=1S/C23H22N2O4S/c1-2-28-22(27)14-19-16-30-23(24-19)25-21(26)13-10-17-8-11-20(12-9-17)29-15-18-6-4-3-5-7-18/h3-13,16H,2,14-15H2,1H3,(H,24,25,26). The summed E-state index contributed by atoms with van der Waals surface area (Å²) in [6.45, 7) is 2.59. The van der Waals surface area contributed by atoms with Crippen molar-refractivity contribution < 1.29 is 19.1 Å². The van der Waals surface area contributed by atoms with Crippen molar-refractivity contribution in [3.8, 4) is 5.75 Å². The summed E-state index contributed by atoms with van der Waals surface area (Å²) < 4.78 is 10.6. The molecule has 1 N–H and O–H groups in total. The largest absolute Gasteiger partial charge is 0.489 e. The fourth-order valence-corrected chi connectivity index (χ4v) is 3.25. The van der Waals surface area contributed by atoms with Gasteiger partial charge >= 0.3 is 5.97 Å². The summed E-state index contributed by atoms with van der Waals surface area (Å²) in [6.07, 6.45) is 3.24. The molecular formula is C23H22N2O4S. The number of amides is 1. The minimum atomic E-state index is -0.336. The number of thiazole rings is 1. The van der Waals surface area contributed by atoms with E-state index in [-0.39, 0.29) is 18.3 Å². The van der Waals surface area contributed by atoms with E-state index in [4.69, 9.17) is 9.47 Å². The molecule has 0 radical (unpaired) electrons. The number of hydrogen-bond donors (Lipinski definition) is 1. The molecule has 0 unspecified atom stereocenters. The monoisotopic (exact) mass is 422 g/mol. The van der Waals surface area contributed by atoms with Gasteiger partial charge in [0, 0.05) is 11.5 Å². The van der Waals surface area contributed by atoms with Gasteiger partial charge in [0.15, 0.2) is 5.13 Å². The molecule has 0 spiro atoms. The van der Waals surface area contributed by atoms with Crippen molar-refractivity contribution in [3.63, 3.8) is 0 Å². The fraction of sp³-hybridized carbons (Fsp3) is 0.174. The van der Waals surface area contributed by atoms with Gasteiger partial charge in [-0.3, -0.25) is 14.9 Å². The Morgan fingerprint density at radius 2 is 1.87 bits per heavy atom. The second kappa shape index (κ2) is 10.9. The third-order valence-electron chi connectivity index (χ3n) is 3.97. The third-order valence-corrected chi connectivity index (χ3v) is 4.77. The van der Waals surface area contributed by atoms with Crippen molar-refractivity contribution in [2.75, 3.05) is 11.9 Å². The van der Waals surface area contributed by atoms with Gasteiger partial charge in [0.1, 0.15) is 12.4 Å². The highest BCUT2D eigenvalue weighted by atomic mass is 32.1. The molecule has 3 rings (SSSR count). The third kappa shape index (κ3) is 6.86. The topological polar surface area (TPSA) is 77.5 Å². The van der Waals surface area contributed by atoms with E-state index in [0.29, 0.717) is 24.0 Å². The van der Waals surface area contributed by atoms with Crippen LogP contribution in [0.5, 0.6) is 5.75 Å². The maximum absolute atomic E-state index is 12.1. The molecule has 1 heterocycles. The molecule has 0 aliphatic heterocycles. The van der Waals surface area contributed by atoms with Crippen molar-refractivity contribution in [2.45, 2.75) is 20.0 Å². The number of ether oxygens (including phenoxy) is 2. The number of nitrogens with zero attached hydrogens (tertiary/aromatic N) is 1. The van der Waals surface area contributed by atoms with Crippen molar-refractivity contribution in [2.24, 2.45) is 0 Å². The molecule has 0 saturated heterocycles. The second-order valence-corrected chi connectivity index (χ2v) is 7.15. The summed E-state index contributed by atoms with van der Waals surface area (Å²) in [6, 6.07) is 17.4. The molecule has 7 heteroatoms. The number of benzene rings is 2. The van der Waals surface area contributed by atoms with Crippen molar-refractivity contribution in [3.05, 3.63) is 82.9 Å². The van der Waals surface area contributed by atoms with E-state index in [9.17, 15) is 9.59 Å². The Morgan fingerprint density at radius 1 is 1.10 bits per heavy atom. The van der Waals surface area contributed by atoms with Crippen LogP contribution in [0.3, 0.4) is 0 Å². The van der Waals surface area contributed by atoms with Crippen LogP contribution < -0.4 is 10.1 Å². The number of nitrogens with one attached hydrogen (secondary N) is 1. The Morgan fingerprint density at radius 3 is 2.60 bits per heavy atom. The summed E-state index contributed by atoms with van der Waals surface area (Å²) in [5.41, 5.74) is 2.55. The molecule has 30 heavy (non-hydrogen) atoms. The minimum absolute atomic E-state index is 0.0920. The zero-order chi connectivity index (χ0) is 21.2. The van der Waals surface area contributed by atoms with Gasteiger partial charge in [-0.15, -0.1) is 11.3 Å². The molecule has 6 nitrogen and oxygen atoms in total. The van der Waals surface area contributed by atoms with E-state index in [2.05, 4.69) is 10.3 Å². The predicted octanol–water partition coefficient (Wildman–Crippen LogP) is 4.48. The van der Waals surface area contributed by atoms with Crippen LogP contribution in [0.2, 0.25) is 0 Å². The summed E-state index contributed by atoms with van der Waals surface area (Å²) in [7, 11) is 0. The van der Waals surface area contributed by atoms with Crippen LogP contribution in [-0.4, -0.2) is 23.5 Å². The summed E-state index contributed by atoms with van der Waals surface area (Å²) in [4.78, 5) is 27.8. The van der Waals surface area contributed by atoms with E-state index in [1.54, 1.807) is 18.4 Å². The second-order valence-electron chi connectivity index (χ2n) is 6.29. The first kappa shape index (κ1) is 21.3. The van der Waals surface area contributed by atoms with Crippen molar-refractivity contribution >= 4 is 34.4 Å². The average Bonchev–Trinajstić information content (AvgIpc) is 3.19. The summed E-state index contributed by atoms with van der Waals surface area (Å²) in [5.74, 6) is 0.130. The van der Waals surface area contributed by atoms with E-state index in [1.165, 1.54) is 17.4 Å². The number of anilines is 1. The zero-order valence-corrected chi connectivity index (χ0v) is 17.4. The lowest BCUT2D eigenvalue weighted by Crippen LogP contribution is -2.09. The molecular weight excluding hydrogens is 400 g/mol. The first-order valence-electron chi connectivity index (χ1n) is 9.48. The molecule has 1 aromatic heterocycles. The Kier molecular flexibility index (Phi) is 7.74. The van der Waals surface area contributed by atoms with Gasteiger partial charge in [-0.05, 0) is 36.3 Å². The Bertz CT molecular complexity index is 998. The smallest absolute Gasteiger partial charge is 0.311 e. The molecule has 0 fully saturated rings. The molecule has 3 aromatic rings. The Balaban J connectivity index is 1.47. The number of hydrogen-bond acceptors (Lipinski definition) is 6. The normalized spacial score (nSPS) is 10.7. The summed E-state index contributed by atoms with van der Waals surface area (Å²) in [5, 5.41) is 4.86. The number of carbonyl (C=O) groups excluding carboxylic acids is 2. The lowest BCUT2D eigenvalue weighted by molar-refractivity contribution is -0.142. The average molecular weight is 423 g/mol. The summed E-state index contributed by atoms with van der Waals surface area (Å²) >= 11 is 1.26. The van der Waals surface area contributed by atoms with Crippen LogP contribution in [0.1, 0.15) is 23.7 Å². The van der Waals surface area contributed by atoms with Gasteiger partial charge in [0.2, 0.25) is 5.91 Å². The van der Waals surface area contributed by atoms with Crippen LogP contribution in [0.4, 0.5) is 5.13 Å². The van der Waals surface area contributed by atoms with Gasteiger partial charge in [0.05, 0.1) is 18.7 Å². The van der Waals surface area contributed by atoms with Crippen LogP contribution in [0.15, 0.2) is 66.1 Å². The number of carbonyl (C=O) groups is 2. The lowest BCUT2D eigenvalue weighted by Gasteiger charge is -2.06. The Hall–Kier alpha value is -3.45. The molecule has 1 amide bonds. The van der Waals surface area contributed by atoms with Gasteiger partial charge in [-0.1, -0.05) is 42.5 Å². The van der Waals surface area contributed by atoms with E-state index in [1.807, 2.05) is 54.6 Å².